The first-order valence-corrected chi connectivity index (χ1v) is 10.6. The Balaban J connectivity index is 1.57. The smallest absolute Gasteiger partial charge is 0.410 e. The Labute approximate surface area is 187 Å². The number of rotatable bonds is 3. The zero-order valence-corrected chi connectivity index (χ0v) is 18.7. The Morgan fingerprint density at radius 2 is 2.03 bits per heavy atom. The number of aromatic amines is 1. The fourth-order valence-electron chi connectivity index (χ4n) is 4.07. The highest BCUT2D eigenvalue weighted by Crippen LogP contribution is 2.33. The second-order valence-corrected chi connectivity index (χ2v) is 9.33. The molecule has 0 aromatic carbocycles. The molecule has 4 heterocycles. The summed E-state index contributed by atoms with van der Waals surface area (Å²) in [5.74, 6) is -1.11. The third-order valence-corrected chi connectivity index (χ3v) is 5.75. The van der Waals surface area contributed by atoms with Crippen molar-refractivity contribution in [3.05, 3.63) is 26.6 Å². The van der Waals surface area contributed by atoms with Crippen LogP contribution in [0.1, 0.15) is 33.6 Å². The summed E-state index contributed by atoms with van der Waals surface area (Å²) < 4.78 is 25.7. The first-order valence-electron chi connectivity index (χ1n) is 9.87. The first-order chi connectivity index (χ1) is 14.5. The first kappa shape index (κ1) is 22.0. The summed E-state index contributed by atoms with van der Waals surface area (Å²) in [6, 6.07) is -0.350. The molecule has 0 saturated carbocycles. The van der Waals surface area contributed by atoms with Crippen LogP contribution >= 0.6 is 23.2 Å². The van der Waals surface area contributed by atoms with Crippen LogP contribution in [-0.2, 0) is 4.74 Å². The Hall–Kier alpha value is -2.17. The SMILES string of the molecule is CC(C)(C)OC(=O)N1[C@@H]2CC[C@H]1[C@@H](COc1nc(Cl)c(F)c3nc(Cl)[nH]c(=O)c13)NC2. The minimum atomic E-state index is -0.956. The molecule has 2 bridgehead atoms. The van der Waals surface area contributed by atoms with Gasteiger partial charge in [-0.3, -0.25) is 14.7 Å². The molecule has 12 heteroatoms. The predicted octanol–water partition coefficient (Wildman–Crippen LogP) is 2.88. The highest BCUT2D eigenvalue weighted by molar-refractivity contribution is 6.30. The molecular weight excluding hydrogens is 452 g/mol. The summed E-state index contributed by atoms with van der Waals surface area (Å²) in [5.41, 5.74) is -1.62. The molecule has 0 radical (unpaired) electrons. The summed E-state index contributed by atoms with van der Waals surface area (Å²) in [6.45, 7) is 6.12. The number of hydrogen-bond acceptors (Lipinski definition) is 7. The van der Waals surface area contributed by atoms with Gasteiger partial charge in [-0.05, 0) is 45.2 Å². The molecule has 2 aliphatic rings. The Morgan fingerprint density at radius 1 is 1.29 bits per heavy atom. The zero-order valence-electron chi connectivity index (χ0n) is 17.2. The molecule has 2 saturated heterocycles. The van der Waals surface area contributed by atoms with Crippen molar-refractivity contribution in [1.29, 1.82) is 0 Å². The van der Waals surface area contributed by atoms with Gasteiger partial charge in [-0.1, -0.05) is 11.6 Å². The number of ether oxygens (including phenoxy) is 2. The van der Waals surface area contributed by atoms with Crippen LogP contribution in [0, 0.1) is 5.82 Å². The van der Waals surface area contributed by atoms with Crippen molar-refractivity contribution < 1.29 is 18.7 Å². The van der Waals surface area contributed by atoms with Crippen LogP contribution in [0.25, 0.3) is 10.9 Å². The molecule has 168 valence electrons. The monoisotopic (exact) mass is 473 g/mol. The van der Waals surface area contributed by atoms with E-state index in [9.17, 15) is 14.0 Å². The van der Waals surface area contributed by atoms with Crippen LogP contribution in [0.2, 0.25) is 10.4 Å². The summed E-state index contributed by atoms with van der Waals surface area (Å²) in [7, 11) is 0. The molecule has 9 nitrogen and oxygen atoms in total. The molecule has 2 aliphatic heterocycles. The van der Waals surface area contributed by atoms with Gasteiger partial charge in [0.25, 0.3) is 5.56 Å². The molecule has 4 rings (SSSR count). The van der Waals surface area contributed by atoms with Crippen molar-refractivity contribution in [3.8, 4) is 5.88 Å². The van der Waals surface area contributed by atoms with E-state index in [1.807, 2.05) is 20.8 Å². The lowest BCUT2D eigenvalue weighted by Crippen LogP contribution is -2.61. The van der Waals surface area contributed by atoms with Crippen LogP contribution < -0.4 is 15.6 Å². The van der Waals surface area contributed by atoms with E-state index >= 15 is 0 Å². The molecule has 2 N–H and O–H groups in total. The number of nitrogens with zero attached hydrogens (tertiary/aromatic N) is 3. The summed E-state index contributed by atoms with van der Waals surface area (Å²) >= 11 is 11.6. The van der Waals surface area contributed by atoms with Crippen LogP contribution in [0.15, 0.2) is 4.79 Å². The van der Waals surface area contributed by atoms with Crippen molar-refractivity contribution in [2.75, 3.05) is 13.2 Å². The Bertz CT molecular complexity index is 1090. The average Bonchev–Trinajstić information content (AvgIpc) is 2.98. The van der Waals surface area contributed by atoms with Crippen molar-refractivity contribution >= 4 is 40.2 Å². The third-order valence-electron chi connectivity index (χ3n) is 5.32. The second-order valence-electron chi connectivity index (χ2n) is 8.61. The lowest BCUT2D eigenvalue weighted by molar-refractivity contribution is 0.00115. The highest BCUT2D eigenvalue weighted by Gasteiger charge is 2.46. The molecule has 2 aromatic rings. The van der Waals surface area contributed by atoms with Crippen molar-refractivity contribution in [2.24, 2.45) is 0 Å². The van der Waals surface area contributed by atoms with E-state index in [4.69, 9.17) is 32.7 Å². The molecule has 2 aromatic heterocycles. The van der Waals surface area contributed by atoms with E-state index in [2.05, 4.69) is 20.3 Å². The van der Waals surface area contributed by atoms with Crippen LogP contribution in [-0.4, -0.2) is 62.8 Å². The van der Waals surface area contributed by atoms with Gasteiger partial charge in [-0.25, -0.2) is 14.2 Å². The van der Waals surface area contributed by atoms with Crippen molar-refractivity contribution in [2.45, 2.75) is 57.3 Å². The number of carbonyl (C=O) groups is 1. The van der Waals surface area contributed by atoms with E-state index in [-0.39, 0.29) is 52.9 Å². The topological polar surface area (TPSA) is 109 Å². The van der Waals surface area contributed by atoms with E-state index in [0.717, 1.165) is 12.8 Å². The lowest BCUT2D eigenvalue weighted by atomic mass is 10.1. The highest BCUT2D eigenvalue weighted by atomic mass is 35.5. The molecule has 31 heavy (non-hydrogen) atoms. The van der Waals surface area contributed by atoms with Gasteiger partial charge in [0.15, 0.2) is 11.0 Å². The maximum atomic E-state index is 14.3. The normalized spacial score (nSPS) is 23.3. The van der Waals surface area contributed by atoms with Crippen molar-refractivity contribution in [3.63, 3.8) is 0 Å². The number of nitrogens with one attached hydrogen (secondary N) is 2. The number of halogens is 3. The number of carbonyl (C=O) groups excluding carboxylic acids is 1. The predicted molar refractivity (Wildman–Crippen MR) is 112 cm³/mol. The van der Waals surface area contributed by atoms with Gasteiger partial charge in [0.1, 0.15) is 23.1 Å². The number of fused-ring (bicyclic) bond motifs is 3. The minimum Gasteiger partial charge on any atom is -0.475 e. The van der Waals surface area contributed by atoms with E-state index < -0.39 is 22.1 Å². The second kappa shape index (κ2) is 8.07. The Kier molecular flexibility index (Phi) is 5.74. The zero-order chi connectivity index (χ0) is 22.5. The van der Waals surface area contributed by atoms with Gasteiger partial charge in [0.05, 0.1) is 12.1 Å². The molecule has 3 atom stereocenters. The van der Waals surface area contributed by atoms with Crippen molar-refractivity contribution in [1.82, 2.24) is 25.2 Å². The van der Waals surface area contributed by atoms with Gasteiger partial charge >= 0.3 is 6.09 Å². The molecular formula is C19H22Cl2FN5O4. The number of amides is 1. The number of hydrogen-bond donors (Lipinski definition) is 2. The number of pyridine rings is 1. The molecule has 2 fully saturated rings. The Morgan fingerprint density at radius 3 is 2.74 bits per heavy atom. The summed E-state index contributed by atoms with van der Waals surface area (Å²) in [5, 5.41) is 2.42. The molecule has 0 spiro atoms. The molecule has 0 aliphatic carbocycles. The van der Waals surface area contributed by atoms with E-state index in [1.54, 1.807) is 4.90 Å². The van der Waals surface area contributed by atoms with Gasteiger partial charge in [0, 0.05) is 12.6 Å². The number of aromatic nitrogens is 3. The standard InChI is InChI=1S/C19H22Cl2FN5O4/c1-19(2,3)31-18(29)27-8-4-5-10(27)9(23-6-8)7-30-16-11-13(12(22)14(20)25-16)24-17(21)26-15(11)28/h8-10,23H,4-7H2,1-3H3,(H,24,26,28)/t8-,9-,10+/m1/s1. The van der Waals surface area contributed by atoms with Crippen LogP contribution in [0.5, 0.6) is 5.88 Å². The quantitative estimate of drug-likeness (QED) is 0.520. The maximum Gasteiger partial charge on any atom is 0.410 e. The van der Waals surface area contributed by atoms with E-state index in [0.29, 0.717) is 6.54 Å². The molecule has 0 unspecified atom stereocenters. The van der Waals surface area contributed by atoms with Crippen LogP contribution in [0.3, 0.4) is 0 Å². The van der Waals surface area contributed by atoms with Gasteiger partial charge < -0.3 is 14.8 Å². The number of piperazine rings is 1. The van der Waals surface area contributed by atoms with Gasteiger partial charge in [0.2, 0.25) is 11.2 Å². The lowest BCUT2D eigenvalue weighted by Gasteiger charge is -2.40. The summed E-state index contributed by atoms with van der Waals surface area (Å²) in [4.78, 5) is 36.8. The summed E-state index contributed by atoms with van der Waals surface area (Å²) in [6.07, 6.45) is 1.26. The van der Waals surface area contributed by atoms with Gasteiger partial charge in [-0.15, -0.1) is 0 Å². The number of H-pyrrole nitrogens is 1. The van der Waals surface area contributed by atoms with E-state index in [1.165, 1.54) is 0 Å². The van der Waals surface area contributed by atoms with Crippen LogP contribution in [0.4, 0.5) is 9.18 Å². The molecule has 1 amide bonds. The largest absolute Gasteiger partial charge is 0.475 e. The fraction of sp³-hybridized carbons (Fsp3) is 0.579. The maximum absolute atomic E-state index is 14.3. The third kappa shape index (κ3) is 4.28. The average molecular weight is 474 g/mol. The van der Waals surface area contributed by atoms with Gasteiger partial charge in [-0.2, -0.15) is 4.98 Å². The minimum absolute atomic E-state index is 0.0458. The fourth-order valence-corrected chi connectivity index (χ4v) is 4.40.